The van der Waals surface area contributed by atoms with Gasteiger partial charge < -0.3 is 9.64 Å². The zero-order chi connectivity index (χ0) is 18.5. The van der Waals surface area contributed by atoms with Crippen molar-refractivity contribution in [3.8, 4) is 11.8 Å². The van der Waals surface area contributed by atoms with E-state index in [1.807, 2.05) is 24.3 Å². The highest BCUT2D eigenvalue weighted by Crippen LogP contribution is 2.49. The van der Waals surface area contributed by atoms with Crippen LogP contribution in [0, 0.1) is 0 Å². The first kappa shape index (κ1) is 16.7. The number of fused-ring (bicyclic) bond motifs is 2. The summed E-state index contributed by atoms with van der Waals surface area (Å²) in [6, 6.07) is 10.3. The first-order valence-electron chi connectivity index (χ1n) is 9.21. The Labute approximate surface area is 158 Å². The number of nitrogens with zero attached hydrogens (tertiary/aromatic N) is 4. The molecule has 0 radical (unpaired) electrons. The first-order chi connectivity index (χ1) is 13.1. The summed E-state index contributed by atoms with van der Waals surface area (Å²) in [5, 5.41) is 0. The quantitative estimate of drug-likeness (QED) is 0.808. The smallest absolute Gasteiger partial charge is 0.321 e. The molecule has 0 unspecified atom stereocenters. The van der Waals surface area contributed by atoms with Gasteiger partial charge in [0.1, 0.15) is 11.6 Å². The molecule has 3 fully saturated rings. The van der Waals surface area contributed by atoms with Gasteiger partial charge in [-0.25, -0.2) is 18.4 Å². The zero-order valence-corrected chi connectivity index (χ0v) is 15.6. The van der Waals surface area contributed by atoms with Gasteiger partial charge in [-0.1, -0.05) is 12.1 Å². The summed E-state index contributed by atoms with van der Waals surface area (Å²) >= 11 is 0. The number of piperidine rings is 2. The van der Waals surface area contributed by atoms with Crippen molar-refractivity contribution in [2.75, 3.05) is 12.3 Å². The Morgan fingerprint density at radius 1 is 1.07 bits per heavy atom. The van der Waals surface area contributed by atoms with E-state index in [1.165, 1.54) is 0 Å². The maximum Gasteiger partial charge on any atom is 0.321 e. The molecule has 1 aliphatic carbocycles. The number of hydrogen-bond acceptors (Lipinski definition) is 6. The SMILES string of the molecule is O=S1(=O)CCN2C(=N1)C1(c3ccc(Oc4ncccn4)cc3)CCC2CC1. The fourth-order valence-corrected chi connectivity index (χ4v) is 5.66. The molecule has 0 N–H and O–H groups in total. The van der Waals surface area contributed by atoms with Gasteiger partial charge in [-0.3, -0.25) is 0 Å². The molecule has 1 aromatic heterocycles. The summed E-state index contributed by atoms with van der Waals surface area (Å²) in [4.78, 5) is 10.4. The number of aromatic nitrogens is 2. The Bertz CT molecular complexity index is 981. The lowest BCUT2D eigenvalue weighted by Gasteiger charge is -2.55. The van der Waals surface area contributed by atoms with Gasteiger partial charge in [0.25, 0.3) is 10.0 Å². The fraction of sp³-hybridized carbons (Fsp3) is 0.421. The predicted molar refractivity (Wildman–Crippen MR) is 100 cm³/mol. The Morgan fingerprint density at radius 3 is 2.48 bits per heavy atom. The molecule has 1 saturated carbocycles. The minimum Gasteiger partial charge on any atom is -0.424 e. The predicted octanol–water partition coefficient (Wildman–Crippen LogP) is 2.51. The molecule has 2 bridgehead atoms. The average molecular weight is 384 g/mol. The van der Waals surface area contributed by atoms with Gasteiger partial charge in [0, 0.05) is 25.0 Å². The van der Waals surface area contributed by atoms with Crippen LogP contribution in [-0.4, -0.2) is 47.5 Å². The number of ether oxygens (including phenoxy) is 1. The van der Waals surface area contributed by atoms with Gasteiger partial charge >= 0.3 is 6.01 Å². The molecule has 4 heterocycles. The maximum atomic E-state index is 12.2. The van der Waals surface area contributed by atoms with Crippen molar-refractivity contribution in [1.29, 1.82) is 0 Å². The third-order valence-electron chi connectivity index (χ3n) is 5.92. The molecule has 8 heteroatoms. The maximum absolute atomic E-state index is 12.2. The molecule has 7 nitrogen and oxygen atoms in total. The second-order valence-corrected chi connectivity index (χ2v) is 9.12. The van der Waals surface area contributed by atoms with Crippen LogP contribution < -0.4 is 4.74 Å². The molecule has 3 aliphatic heterocycles. The summed E-state index contributed by atoms with van der Waals surface area (Å²) in [5.41, 5.74) is 0.784. The van der Waals surface area contributed by atoms with Crippen LogP contribution in [0.2, 0.25) is 0 Å². The van der Waals surface area contributed by atoms with Crippen LogP contribution in [0.15, 0.2) is 47.1 Å². The van der Waals surface area contributed by atoms with Crippen LogP contribution in [0.5, 0.6) is 11.8 Å². The van der Waals surface area contributed by atoms with Crippen LogP contribution >= 0.6 is 0 Å². The van der Waals surface area contributed by atoms with E-state index in [0.717, 1.165) is 37.1 Å². The Hall–Kier alpha value is -2.48. The van der Waals surface area contributed by atoms with Crippen molar-refractivity contribution >= 4 is 15.9 Å². The highest BCUT2D eigenvalue weighted by molar-refractivity contribution is 7.90. The van der Waals surface area contributed by atoms with Crippen molar-refractivity contribution in [3.63, 3.8) is 0 Å². The minimum atomic E-state index is -3.37. The average Bonchev–Trinajstić information content (AvgIpc) is 2.69. The lowest BCUT2D eigenvalue weighted by Crippen LogP contribution is -2.62. The van der Waals surface area contributed by atoms with Crippen molar-refractivity contribution in [3.05, 3.63) is 48.3 Å². The lowest BCUT2D eigenvalue weighted by atomic mass is 9.63. The number of rotatable bonds is 3. The van der Waals surface area contributed by atoms with Gasteiger partial charge in [-0.15, -0.1) is 4.40 Å². The standard InChI is InChI=1S/C19H20N4O3S/c24-27(25)13-12-23-15-6-8-19(9-7-15,17(23)22-27)14-2-4-16(5-3-14)26-18-20-10-1-11-21-18/h1-5,10-11,15H,6-9,12-13H2. The fourth-order valence-electron chi connectivity index (χ4n) is 4.60. The van der Waals surface area contributed by atoms with E-state index in [9.17, 15) is 8.42 Å². The van der Waals surface area contributed by atoms with Crippen molar-refractivity contribution < 1.29 is 13.2 Å². The molecule has 6 rings (SSSR count). The van der Waals surface area contributed by atoms with E-state index in [2.05, 4.69) is 19.3 Å². The molecule has 0 amide bonds. The monoisotopic (exact) mass is 384 g/mol. The molecule has 1 aromatic carbocycles. The van der Waals surface area contributed by atoms with Gasteiger partial charge in [-0.2, -0.15) is 0 Å². The molecule has 2 saturated heterocycles. The van der Waals surface area contributed by atoms with Gasteiger partial charge in [0.2, 0.25) is 0 Å². The molecule has 0 atom stereocenters. The molecule has 0 spiro atoms. The summed E-state index contributed by atoms with van der Waals surface area (Å²) in [6.07, 6.45) is 7.29. The van der Waals surface area contributed by atoms with E-state index >= 15 is 0 Å². The highest BCUT2D eigenvalue weighted by Gasteiger charge is 2.52. The molecular formula is C19H20N4O3S. The van der Waals surface area contributed by atoms with Crippen LogP contribution in [0.3, 0.4) is 0 Å². The summed E-state index contributed by atoms with van der Waals surface area (Å²) in [7, 11) is -3.37. The van der Waals surface area contributed by atoms with Gasteiger partial charge in [0.05, 0.1) is 11.2 Å². The highest BCUT2D eigenvalue weighted by atomic mass is 32.2. The Morgan fingerprint density at radius 2 is 1.78 bits per heavy atom. The summed E-state index contributed by atoms with van der Waals surface area (Å²) in [5.74, 6) is 1.52. The molecule has 27 heavy (non-hydrogen) atoms. The second-order valence-electron chi connectivity index (χ2n) is 7.37. The number of amidine groups is 1. The van der Waals surface area contributed by atoms with Gasteiger partial charge in [0.15, 0.2) is 0 Å². The van der Waals surface area contributed by atoms with E-state index in [4.69, 9.17) is 4.74 Å². The number of hydrogen-bond donors (Lipinski definition) is 0. The van der Waals surface area contributed by atoms with Crippen molar-refractivity contribution in [1.82, 2.24) is 14.9 Å². The molecular weight excluding hydrogens is 364 g/mol. The van der Waals surface area contributed by atoms with Gasteiger partial charge in [-0.05, 0) is 49.4 Å². The van der Waals surface area contributed by atoms with E-state index in [0.29, 0.717) is 24.3 Å². The van der Waals surface area contributed by atoms with Crippen molar-refractivity contribution in [2.45, 2.75) is 37.1 Å². The van der Waals surface area contributed by atoms with E-state index in [-0.39, 0.29) is 11.2 Å². The largest absolute Gasteiger partial charge is 0.424 e. The van der Waals surface area contributed by atoms with Crippen LogP contribution in [-0.2, 0) is 15.4 Å². The van der Waals surface area contributed by atoms with Crippen LogP contribution in [0.1, 0.15) is 31.2 Å². The first-order valence-corrected chi connectivity index (χ1v) is 10.8. The third-order valence-corrected chi connectivity index (χ3v) is 7.07. The Kier molecular flexibility index (Phi) is 3.72. The summed E-state index contributed by atoms with van der Waals surface area (Å²) in [6.45, 7) is 0.556. The van der Waals surface area contributed by atoms with Crippen LogP contribution in [0.25, 0.3) is 0 Å². The normalized spacial score (nSPS) is 28.4. The Balaban J connectivity index is 1.50. The third kappa shape index (κ3) is 2.79. The zero-order valence-electron chi connectivity index (χ0n) is 14.8. The van der Waals surface area contributed by atoms with Crippen LogP contribution in [0.4, 0.5) is 0 Å². The minimum absolute atomic E-state index is 0.118. The topological polar surface area (TPSA) is 84.8 Å². The number of sulfonamides is 1. The second kappa shape index (κ2) is 6.02. The van der Waals surface area contributed by atoms with E-state index < -0.39 is 10.0 Å². The summed E-state index contributed by atoms with van der Waals surface area (Å²) < 4.78 is 34.2. The molecule has 2 aromatic rings. The lowest BCUT2D eigenvalue weighted by molar-refractivity contribution is 0.151. The number of benzene rings is 1. The van der Waals surface area contributed by atoms with Crippen molar-refractivity contribution in [2.24, 2.45) is 4.40 Å². The molecule has 140 valence electrons. The van der Waals surface area contributed by atoms with E-state index in [1.54, 1.807) is 18.5 Å². The molecule has 4 aliphatic rings.